The molecule has 0 spiro atoms. The van der Waals surface area contributed by atoms with Crippen LogP contribution < -0.4 is 0 Å². The number of amides is 1. The largest absolute Gasteiger partial charge is 0.362 e. The highest BCUT2D eigenvalue weighted by molar-refractivity contribution is 5.75. The highest BCUT2D eigenvalue weighted by Gasteiger charge is 2.21. The van der Waals surface area contributed by atoms with E-state index in [9.17, 15) is 4.79 Å². The monoisotopic (exact) mass is 391 g/mol. The minimum absolute atomic E-state index is 0.181. The lowest BCUT2D eigenvalue weighted by Crippen LogP contribution is -2.40. The summed E-state index contributed by atoms with van der Waals surface area (Å²) >= 11 is 0. The Bertz CT molecular complexity index is 901. The Hall–Kier alpha value is -3.02. The second kappa shape index (κ2) is 9.96. The number of aromatic nitrogens is 4. The lowest BCUT2D eigenvalue weighted by atomic mass is 10.0. The van der Waals surface area contributed by atoms with Crippen LogP contribution in [-0.4, -0.2) is 44.0 Å². The van der Waals surface area contributed by atoms with E-state index in [-0.39, 0.29) is 6.03 Å². The molecule has 6 heteroatoms. The van der Waals surface area contributed by atoms with Crippen LogP contribution in [0.4, 0.5) is 4.79 Å². The summed E-state index contributed by atoms with van der Waals surface area (Å²) in [4.78, 5) is 20.4. The average Bonchev–Trinajstić information content (AvgIpc) is 3.25. The number of aryl methyl sites for hydroxylation is 1. The van der Waals surface area contributed by atoms with Gasteiger partial charge in [-0.15, -0.1) is 5.10 Å². The maximum Gasteiger partial charge on any atom is 0.362 e. The fourth-order valence-electron chi connectivity index (χ4n) is 3.27. The second-order valence-electron chi connectivity index (χ2n) is 7.41. The molecule has 152 valence electrons. The Labute approximate surface area is 172 Å². The SMILES string of the molecule is CCC(CC)CN(CCc1cccnc1)C(=O)n1ncc(-c2ccc(C)cc2)n1. The Balaban J connectivity index is 1.76. The first-order chi connectivity index (χ1) is 14.1. The highest BCUT2D eigenvalue weighted by Crippen LogP contribution is 2.17. The van der Waals surface area contributed by atoms with Crippen molar-refractivity contribution in [2.75, 3.05) is 13.1 Å². The van der Waals surface area contributed by atoms with Crippen molar-refractivity contribution < 1.29 is 4.79 Å². The molecule has 0 radical (unpaired) electrons. The molecule has 3 rings (SSSR count). The molecule has 0 unspecified atom stereocenters. The molecular weight excluding hydrogens is 362 g/mol. The van der Waals surface area contributed by atoms with E-state index in [2.05, 4.69) is 29.0 Å². The van der Waals surface area contributed by atoms with Crippen LogP contribution in [-0.2, 0) is 6.42 Å². The Morgan fingerprint density at radius 3 is 2.52 bits per heavy atom. The molecule has 0 bridgehead atoms. The summed E-state index contributed by atoms with van der Waals surface area (Å²) < 4.78 is 0. The number of hydrogen-bond acceptors (Lipinski definition) is 4. The fraction of sp³-hybridized carbons (Fsp3) is 0.391. The van der Waals surface area contributed by atoms with Crippen molar-refractivity contribution in [3.05, 3.63) is 66.1 Å². The number of rotatable bonds is 8. The third-order valence-corrected chi connectivity index (χ3v) is 5.31. The minimum Gasteiger partial charge on any atom is -0.321 e. The van der Waals surface area contributed by atoms with Crippen LogP contribution >= 0.6 is 0 Å². The van der Waals surface area contributed by atoms with Gasteiger partial charge >= 0.3 is 6.03 Å². The summed E-state index contributed by atoms with van der Waals surface area (Å²) in [6.07, 6.45) is 8.09. The minimum atomic E-state index is -0.181. The lowest BCUT2D eigenvalue weighted by molar-refractivity contribution is 0.181. The van der Waals surface area contributed by atoms with Gasteiger partial charge in [0.1, 0.15) is 5.69 Å². The molecule has 3 aromatic rings. The van der Waals surface area contributed by atoms with Gasteiger partial charge in [-0.3, -0.25) is 4.98 Å². The summed E-state index contributed by atoms with van der Waals surface area (Å²) in [7, 11) is 0. The van der Waals surface area contributed by atoms with Gasteiger partial charge in [0.05, 0.1) is 6.20 Å². The molecule has 0 atom stereocenters. The first kappa shape index (κ1) is 20.7. The van der Waals surface area contributed by atoms with Crippen molar-refractivity contribution >= 4 is 6.03 Å². The molecule has 0 saturated heterocycles. The van der Waals surface area contributed by atoms with Crippen molar-refractivity contribution in [2.45, 2.75) is 40.0 Å². The lowest BCUT2D eigenvalue weighted by Gasteiger charge is -2.26. The van der Waals surface area contributed by atoms with Crippen LogP contribution in [0.25, 0.3) is 11.3 Å². The first-order valence-electron chi connectivity index (χ1n) is 10.3. The topological polar surface area (TPSA) is 63.9 Å². The first-order valence-corrected chi connectivity index (χ1v) is 10.3. The zero-order valence-corrected chi connectivity index (χ0v) is 17.5. The van der Waals surface area contributed by atoms with Gasteiger partial charge in [-0.05, 0) is 30.9 Å². The van der Waals surface area contributed by atoms with Crippen molar-refractivity contribution in [1.29, 1.82) is 0 Å². The molecule has 1 aromatic carbocycles. The average molecular weight is 392 g/mol. The third-order valence-electron chi connectivity index (χ3n) is 5.31. The Morgan fingerprint density at radius 1 is 1.10 bits per heavy atom. The molecule has 0 aliphatic heterocycles. The molecular formula is C23H29N5O. The quantitative estimate of drug-likeness (QED) is 0.563. The van der Waals surface area contributed by atoms with E-state index in [4.69, 9.17) is 0 Å². The molecule has 0 aliphatic carbocycles. The van der Waals surface area contributed by atoms with Crippen LogP contribution in [0.3, 0.4) is 0 Å². The van der Waals surface area contributed by atoms with E-state index in [1.165, 1.54) is 10.4 Å². The number of nitrogens with zero attached hydrogens (tertiary/aromatic N) is 5. The van der Waals surface area contributed by atoms with E-state index in [0.717, 1.165) is 30.4 Å². The number of carbonyl (C=O) groups is 1. The van der Waals surface area contributed by atoms with Gasteiger partial charge in [0.15, 0.2) is 0 Å². The predicted octanol–water partition coefficient (Wildman–Crippen LogP) is 4.60. The van der Waals surface area contributed by atoms with E-state index < -0.39 is 0 Å². The van der Waals surface area contributed by atoms with E-state index in [1.54, 1.807) is 12.4 Å². The van der Waals surface area contributed by atoms with Crippen molar-refractivity contribution in [3.8, 4) is 11.3 Å². The normalized spacial score (nSPS) is 11.0. The molecule has 0 fully saturated rings. The summed E-state index contributed by atoms with van der Waals surface area (Å²) in [5.74, 6) is 0.458. The molecule has 0 saturated carbocycles. The predicted molar refractivity (Wildman–Crippen MR) is 115 cm³/mol. The van der Waals surface area contributed by atoms with Gasteiger partial charge < -0.3 is 4.90 Å². The number of hydrogen-bond donors (Lipinski definition) is 0. The molecule has 29 heavy (non-hydrogen) atoms. The van der Waals surface area contributed by atoms with Crippen LogP contribution in [0.2, 0.25) is 0 Å². The molecule has 0 aliphatic rings. The van der Waals surface area contributed by atoms with Crippen molar-refractivity contribution in [1.82, 2.24) is 24.9 Å². The van der Waals surface area contributed by atoms with Gasteiger partial charge in [0, 0.05) is 31.0 Å². The number of benzene rings is 1. The van der Waals surface area contributed by atoms with Crippen molar-refractivity contribution in [3.63, 3.8) is 0 Å². The summed E-state index contributed by atoms with van der Waals surface area (Å²) in [5, 5.41) is 8.70. The van der Waals surface area contributed by atoms with Gasteiger partial charge in [-0.1, -0.05) is 67.4 Å². The van der Waals surface area contributed by atoms with Crippen LogP contribution in [0.15, 0.2) is 55.0 Å². The maximum atomic E-state index is 13.2. The number of carbonyl (C=O) groups excluding carboxylic acids is 1. The Morgan fingerprint density at radius 2 is 1.86 bits per heavy atom. The smallest absolute Gasteiger partial charge is 0.321 e. The van der Waals surface area contributed by atoms with Crippen molar-refractivity contribution in [2.24, 2.45) is 5.92 Å². The van der Waals surface area contributed by atoms with E-state index >= 15 is 0 Å². The van der Waals surface area contributed by atoms with Gasteiger partial charge in [0.2, 0.25) is 0 Å². The number of pyridine rings is 1. The molecule has 0 N–H and O–H groups in total. The summed E-state index contributed by atoms with van der Waals surface area (Å²) in [6.45, 7) is 7.69. The maximum absolute atomic E-state index is 13.2. The summed E-state index contributed by atoms with van der Waals surface area (Å²) in [6, 6.07) is 11.8. The zero-order valence-electron chi connectivity index (χ0n) is 17.5. The van der Waals surface area contributed by atoms with Crippen LogP contribution in [0.1, 0.15) is 37.8 Å². The molecule has 6 nitrogen and oxygen atoms in total. The summed E-state index contributed by atoms with van der Waals surface area (Å²) in [5.41, 5.74) is 3.96. The van der Waals surface area contributed by atoms with Gasteiger partial charge in [0.25, 0.3) is 0 Å². The van der Waals surface area contributed by atoms with Gasteiger partial charge in [-0.2, -0.15) is 5.10 Å². The van der Waals surface area contributed by atoms with Crippen LogP contribution in [0, 0.1) is 12.8 Å². The molecule has 2 heterocycles. The van der Waals surface area contributed by atoms with E-state index in [0.29, 0.717) is 24.7 Å². The Kier molecular flexibility index (Phi) is 7.11. The van der Waals surface area contributed by atoms with E-state index in [1.807, 2.05) is 54.4 Å². The molecule has 1 amide bonds. The molecule has 2 aromatic heterocycles. The van der Waals surface area contributed by atoms with Gasteiger partial charge in [-0.25, -0.2) is 4.79 Å². The second-order valence-corrected chi connectivity index (χ2v) is 7.41. The highest BCUT2D eigenvalue weighted by atomic mass is 16.2. The standard InChI is InChI=1S/C23H29N5O/c1-4-19(5-2)17-27(14-12-20-7-6-13-24-15-20)23(29)28-25-16-22(26-28)21-10-8-18(3)9-11-21/h6-11,13,15-16,19H,4-5,12,14,17H2,1-3H3. The fourth-order valence-corrected chi connectivity index (χ4v) is 3.27. The van der Waals surface area contributed by atoms with Crippen LogP contribution in [0.5, 0.6) is 0 Å². The third kappa shape index (κ3) is 5.50. The zero-order chi connectivity index (χ0) is 20.6.